The number of nitrogens with two attached hydrogens (primary N) is 1. The molecule has 8 heteroatoms. The van der Waals surface area contributed by atoms with Gasteiger partial charge in [-0.05, 0) is 37.0 Å². The minimum Gasteiger partial charge on any atom is -0.364 e. The lowest BCUT2D eigenvalue weighted by Crippen LogP contribution is -2.19. The van der Waals surface area contributed by atoms with Crippen LogP contribution in [0.4, 0.5) is 5.69 Å². The van der Waals surface area contributed by atoms with Crippen LogP contribution in [0.5, 0.6) is 0 Å². The molecule has 124 valence electrons. The fourth-order valence-corrected chi connectivity index (χ4v) is 3.66. The van der Waals surface area contributed by atoms with E-state index in [1.807, 2.05) is 26.8 Å². The summed E-state index contributed by atoms with van der Waals surface area (Å²) in [4.78, 5) is 11.7. The monoisotopic (exact) mass is 336 g/mol. The molecule has 2 aromatic rings. The molecule has 1 aromatic heterocycles. The van der Waals surface area contributed by atoms with E-state index in [0.717, 1.165) is 5.56 Å². The van der Waals surface area contributed by atoms with Crippen molar-refractivity contribution in [2.75, 3.05) is 4.72 Å². The molecule has 0 radical (unpaired) electrons. The smallest absolute Gasteiger partial charge is 0.271 e. The fraction of sp³-hybridized carbons (Fsp3) is 0.333. The Labute approximate surface area is 135 Å². The van der Waals surface area contributed by atoms with Gasteiger partial charge in [-0.2, -0.15) is 5.10 Å². The fourth-order valence-electron chi connectivity index (χ4n) is 2.24. The van der Waals surface area contributed by atoms with Crippen LogP contribution < -0.4 is 10.5 Å². The summed E-state index contributed by atoms with van der Waals surface area (Å²) in [6, 6.07) is 5.15. The van der Waals surface area contributed by atoms with Gasteiger partial charge in [0.2, 0.25) is 0 Å². The zero-order valence-electron chi connectivity index (χ0n) is 13.5. The number of sulfonamides is 1. The molecule has 0 aliphatic heterocycles. The first-order valence-corrected chi connectivity index (χ1v) is 8.60. The summed E-state index contributed by atoms with van der Waals surface area (Å²) in [7, 11) is -3.87. The number of amides is 1. The SMILES string of the molecule is Cc1ccc(C)c(S(=O)(=O)Nc2c(C(N)=O)n[nH]c2C(C)C)c1. The van der Waals surface area contributed by atoms with Crippen LogP contribution in [0.3, 0.4) is 0 Å². The number of carbonyl (C=O) groups excluding carboxylic acids is 1. The minimum absolute atomic E-state index is 0.0630. The number of primary amides is 1. The second-order valence-electron chi connectivity index (χ2n) is 5.75. The standard InChI is InChI=1S/C15H20N4O3S/c1-8(2)12-13(14(15(16)20)18-17-12)19-23(21,22)11-7-9(3)5-6-10(11)4/h5-8,19H,1-4H3,(H2,16,20)(H,17,18). The molecule has 7 nitrogen and oxygen atoms in total. The predicted molar refractivity (Wildman–Crippen MR) is 87.9 cm³/mol. The van der Waals surface area contributed by atoms with Crippen molar-refractivity contribution in [3.63, 3.8) is 0 Å². The number of benzene rings is 1. The van der Waals surface area contributed by atoms with Gasteiger partial charge in [-0.25, -0.2) is 8.42 Å². The number of aryl methyl sites for hydroxylation is 2. The number of hydrogen-bond donors (Lipinski definition) is 3. The molecule has 2 rings (SSSR count). The van der Waals surface area contributed by atoms with Crippen LogP contribution >= 0.6 is 0 Å². The first-order chi connectivity index (χ1) is 10.6. The Kier molecular flexibility index (Phi) is 4.46. The lowest BCUT2D eigenvalue weighted by molar-refractivity contribution is 0.0996. The van der Waals surface area contributed by atoms with Gasteiger partial charge in [-0.3, -0.25) is 14.6 Å². The molecular formula is C15H20N4O3S. The van der Waals surface area contributed by atoms with Crippen LogP contribution in [0, 0.1) is 13.8 Å². The Bertz CT molecular complexity index is 854. The number of aromatic nitrogens is 2. The van der Waals surface area contributed by atoms with Gasteiger partial charge in [-0.1, -0.05) is 26.0 Å². The number of hydrogen-bond acceptors (Lipinski definition) is 4. The zero-order chi connectivity index (χ0) is 17.4. The van der Waals surface area contributed by atoms with E-state index in [4.69, 9.17) is 5.73 Å². The summed E-state index contributed by atoms with van der Waals surface area (Å²) in [6.07, 6.45) is 0. The molecule has 0 bridgehead atoms. The van der Waals surface area contributed by atoms with Crippen molar-refractivity contribution in [3.05, 3.63) is 40.7 Å². The average Bonchev–Trinajstić information content (AvgIpc) is 2.84. The third-order valence-corrected chi connectivity index (χ3v) is 4.97. The average molecular weight is 336 g/mol. The van der Waals surface area contributed by atoms with E-state index in [1.165, 1.54) is 0 Å². The summed E-state index contributed by atoms with van der Waals surface area (Å²) >= 11 is 0. The number of aromatic amines is 1. The Balaban J connectivity index is 2.55. The van der Waals surface area contributed by atoms with Crippen LogP contribution in [0.2, 0.25) is 0 Å². The molecule has 1 heterocycles. The van der Waals surface area contributed by atoms with E-state index < -0.39 is 15.9 Å². The number of H-pyrrole nitrogens is 1. The van der Waals surface area contributed by atoms with Crippen molar-refractivity contribution in [2.24, 2.45) is 5.73 Å². The Morgan fingerprint density at radius 2 is 1.96 bits per heavy atom. The number of nitrogens with zero attached hydrogens (tertiary/aromatic N) is 1. The van der Waals surface area contributed by atoms with E-state index in [2.05, 4.69) is 14.9 Å². The summed E-state index contributed by atoms with van der Waals surface area (Å²) in [6.45, 7) is 7.23. The van der Waals surface area contributed by atoms with Crippen molar-refractivity contribution >= 4 is 21.6 Å². The molecule has 0 saturated carbocycles. The largest absolute Gasteiger partial charge is 0.364 e. The lowest BCUT2D eigenvalue weighted by atomic mass is 10.1. The number of carbonyl (C=O) groups is 1. The van der Waals surface area contributed by atoms with E-state index >= 15 is 0 Å². The maximum absolute atomic E-state index is 12.7. The van der Waals surface area contributed by atoms with Crippen LogP contribution in [0.1, 0.15) is 47.1 Å². The number of rotatable bonds is 5. The van der Waals surface area contributed by atoms with Crippen molar-refractivity contribution in [2.45, 2.75) is 38.5 Å². The zero-order valence-corrected chi connectivity index (χ0v) is 14.3. The Morgan fingerprint density at radius 1 is 1.30 bits per heavy atom. The van der Waals surface area contributed by atoms with Gasteiger partial charge in [0, 0.05) is 0 Å². The van der Waals surface area contributed by atoms with Gasteiger partial charge < -0.3 is 5.73 Å². The summed E-state index contributed by atoms with van der Waals surface area (Å²) < 4.78 is 27.9. The van der Waals surface area contributed by atoms with Gasteiger partial charge >= 0.3 is 0 Å². The van der Waals surface area contributed by atoms with E-state index in [9.17, 15) is 13.2 Å². The van der Waals surface area contributed by atoms with Gasteiger partial charge in [0.25, 0.3) is 15.9 Å². The molecule has 1 aromatic carbocycles. The quantitative estimate of drug-likeness (QED) is 0.774. The number of nitrogens with one attached hydrogen (secondary N) is 2. The van der Waals surface area contributed by atoms with Crippen molar-refractivity contribution in [1.29, 1.82) is 0 Å². The van der Waals surface area contributed by atoms with Gasteiger partial charge in [0.05, 0.1) is 10.6 Å². The summed E-state index contributed by atoms with van der Waals surface area (Å²) in [5.74, 6) is -0.862. The highest BCUT2D eigenvalue weighted by molar-refractivity contribution is 7.92. The molecular weight excluding hydrogens is 316 g/mol. The summed E-state index contributed by atoms with van der Waals surface area (Å²) in [5, 5.41) is 6.51. The van der Waals surface area contributed by atoms with E-state index in [0.29, 0.717) is 11.3 Å². The maximum atomic E-state index is 12.7. The molecule has 0 spiro atoms. The van der Waals surface area contributed by atoms with E-state index in [-0.39, 0.29) is 22.2 Å². The third kappa shape index (κ3) is 3.37. The van der Waals surface area contributed by atoms with Crippen LogP contribution in [-0.4, -0.2) is 24.5 Å². The Morgan fingerprint density at radius 3 is 2.52 bits per heavy atom. The predicted octanol–water partition coefficient (Wildman–Crippen LogP) is 2.05. The van der Waals surface area contributed by atoms with E-state index in [1.54, 1.807) is 19.1 Å². The third-order valence-electron chi connectivity index (χ3n) is 3.47. The van der Waals surface area contributed by atoms with Crippen LogP contribution in [-0.2, 0) is 10.0 Å². The van der Waals surface area contributed by atoms with Crippen molar-refractivity contribution < 1.29 is 13.2 Å². The van der Waals surface area contributed by atoms with Gasteiger partial charge in [0.1, 0.15) is 5.69 Å². The van der Waals surface area contributed by atoms with Crippen LogP contribution in [0.25, 0.3) is 0 Å². The molecule has 4 N–H and O–H groups in total. The molecule has 23 heavy (non-hydrogen) atoms. The molecule has 0 fully saturated rings. The summed E-state index contributed by atoms with van der Waals surface area (Å²) in [5.41, 5.74) is 7.20. The molecule has 0 aliphatic carbocycles. The molecule has 0 aliphatic rings. The number of anilines is 1. The molecule has 0 atom stereocenters. The second-order valence-corrected chi connectivity index (χ2v) is 7.41. The molecule has 0 unspecified atom stereocenters. The highest BCUT2D eigenvalue weighted by Gasteiger charge is 2.25. The topological polar surface area (TPSA) is 118 Å². The lowest BCUT2D eigenvalue weighted by Gasteiger charge is -2.13. The highest BCUT2D eigenvalue weighted by atomic mass is 32.2. The molecule has 0 saturated heterocycles. The minimum atomic E-state index is -3.87. The first-order valence-electron chi connectivity index (χ1n) is 7.11. The second kappa shape index (κ2) is 6.04. The van der Waals surface area contributed by atoms with Crippen molar-refractivity contribution in [1.82, 2.24) is 10.2 Å². The normalized spacial score (nSPS) is 11.7. The first kappa shape index (κ1) is 17.0. The van der Waals surface area contributed by atoms with Gasteiger partial charge in [0.15, 0.2) is 5.69 Å². The van der Waals surface area contributed by atoms with Crippen molar-refractivity contribution in [3.8, 4) is 0 Å². The Hall–Kier alpha value is -2.35. The maximum Gasteiger partial charge on any atom is 0.271 e. The van der Waals surface area contributed by atoms with Gasteiger partial charge in [-0.15, -0.1) is 0 Å². The highest BCUT2D eigenvalue weighted by Crippen LogP contribution is 2.28. The van der Waals surface area contributed by atoms with Crippen LogP contribution in [0.15, 0.2) is 23.1 Å². The molecule has 1 amide bonds.